The van der Waals surface area contributed by atoms with E-state index in [2.05, 4.69) is 5.32 Å². The number of nitrogens with zero attached hydrogens (tertiary/aromatic N) is 1. The number of hydrogen-bond donors (Lipinski definition) is 1. The Kier molecular flexibility index (Phi) is 10.2. The summed E-state index contributed by atoms with van der Waals surface area (Å²) in [5, 5.41) is 13.4. The lowest BCUT2D eigenvalue weighted by molar-refractivity contribution is -0.384. The van der Waals surface area contributed by atoms with Crippen LogP contribution in [0, 0.1) is 10.1 Å². The first kappa shape index (κ1) is 28.9. The second-order valence-corrected chi connectivity index (χ2v) is 7.82. The van der Waals surface area contributed by atoms with Crippen LogP contribution < -0.4 is 5.32 Å². The van der Waals surface area contributed by atoms with Gasteiger partial charge in [0.2, 0.25) is 12.2 Å². The largest absolute Gasteiger partial charge is 0.463 e. The quantitative estimate of drug-likeness (QED) is 0.158. The zero-order chi connectivity index (χ0) is 27.7. The van der Waals surface area contributed by atoms with Gasteiger partial charge in [-0.05, 0) is 11.6 Å². The summed E-state index contributed by atoms with van der Waals surface area (Å²) in [6.45, 7) is 3.92. The molecule has 2 rings (SSSR count). The van der Waals surface area contributed by atoms with E-state index < -0.39 is 72.0 Å². The third kappa shape index (κ3) is 9.00. The molecule has 0 radical (unpaired) electrons. The second kappa shape index (κ2) is 13.1. The number of carbonyl (C=O) groups is 5. The van der Waals surface area contributed by atoms with Crippen LogP contribution in [0.25, 0.3) is 6.08 Å². The molecule has 200 valence electrons. The number of amides is 1. The number of ether oxygens (including phenoxy) is 5. The maximum Gasteiger partial charge on any atom is 0.305 e. The molecule has 14 nitrogen and oxygen atoms in total. The SMILES string of the molecule is CC(=O)OC[C@@H]1O[C@H](OC(C)=O)[C@@H](NC(=O)/C=C/c2cccc([N+](=O)[O-])c2)[C@@H](OC(C)=O)[C@@H]1OC(C)=O. The van der Waals surface area contributed by atoms with Crippen LogP contribution in [0.15, 0.2) is 30.3 Å². The number of nitro groups is 1. The van der Waals surface area contributed by atoms with Crippen molar-refractivity contribution in [1.82, 2.24) is 5.32 Å². The molecule has 37 heavy (non-hydrogen) atoms. The molecule has 1 aromatic carbocycles. The summed E-state index contributed by atoms with van der Waals surface area (Å²) in [5.41, 5.74) is 0.160. The van der Waals surface area contributed by atoms with Gasteiger partial charge in [-0.25, -0.2) is 0 Å². The van der Waals surface area contributed by atoms with Crippen LogP contribution in [0.1, 0.15) is 33.3 Å². The van der Waals surface area contributed by atoms with Crippen molar-refractivity contribution in [2.75, 3.05) is 6.61 Å². The molecule has 0 spiro atoms. The van der Waals surface area contributed by atoms with Crippen molar-refractivity contribution in [3.63, 3.8) is 0 Å². The summed E-state index contributed by atoms with van der Waals surface area (Å²) in [7, 11) is 0. The minimum atomic E-state index is -1.54. The van der Waals surface area contributed by atoms with Gasteiger partial charge in [0.05, 0.1) is 4.92 Å². The highest BCUT2D eigenvalue weighted by molar-refractivity contribution is 5.92. The van der Waals surface area contributed by atoms with E-state index in [4.69, 9.17) is 23.7 Å². The molecule has 1 saturated heterocycles. The number of benzene rings is 1. The molecule has 0 bridgehead atoms. The summed E-state index contributed by atoms with van der Waals surface area (Å²) in [6, 6.07) is 4.12. The molecule has 1 aromatic rings. The Hall–Kier alpha value is -4.33. The summed E-state index contributed by atoms with van der Waals surface area (Å²) < 4.78 is 26.4. The van der Waals surface area contributed by atoms with Crippen LogP contribution in [0.3, 0.4) is 0 Å². The average molecular weight is 522 g/mol. The molecule has 1 fully saturated rings. The van der Waals surface area contributed by atoms with Crippen molar-refractivity contribution in [2.24, 2.45) is 0 Å². The van der Waals surface area contributed by atoms with E-state index in [1.807, 2.05) is 0 Å². The van der Waals surface area contributed by atoms with E-state index >= 15 is 0 Å². The molecule has 0 saturated carbocycles. The smallest absolute Gasteiger partial charge is 0.305 e. The Morgan fingerprint density at radius 2 is 1.59 bits per heavy atom. The lowest BCUT2D eigenvalue weighted by Gasteiger charge is -2.44. The normalized spacial score (nSPS) is 23.0. The van der Waals surface area contributed by atoms with E-state index in [0.717, 1.165) is 33.8 Å². The van der Waals surface area contributed by atoms with Gasteiger partial charge in [0.25, 0.3) is 5.69 Å². The molecule has 14 heteroatoms. The monoisotopic (exact) mass is 522 g/mol. The average Bonchev–Trinajstić information content (AvgIpc) is 2.79. The molecular formula is C23H26N2O12. The van der Waals surface area contributed by atoms with Crippen LogP contribution in [0.5, 0.6) is 0 Å². The molecule has 1 heterocycles. The van der Waals surface area contributed by atoms with E-state index in [-0.39, 0.29) is 5.69 Å². The standard InChI is InChI=1S/C23H26N2O12/c1-12(26)33-11-18-21(34-13(2)27)22(35-14(3)28)20(23(37-18)36-15(4)29)24-19(30)9-8-16-6-5-7-17(10-16)25(31)32/h5-10,18,20-23H,11H2,1-4H3,(H,24,30)/b9-8+/t18-,20-,21+,22+,23-/m0/s1. The molecule has 5 atom stereocenters. The molecule has 0 aromatic heterocycles. The van der Waals surface area contributed by atoms with Gasteiger partial charge in [-0.3, -0.25) is 34.1 Å². The highest BCUT2D eigenvalue weighted by atomic mass is 16.7. The molecule has 1 N–H and O–H groups in total. The maximum absolute atomic E-state index is 12.7. The predicted octanol–water partition coefficient (Wildman–Crippen LogP) is 0.807. The van der Waals surface area contributed by atoms with Crippen LogP contribution in [0.4, 0.5) is 5.69 Å². The second-order valence-electron chi connectivity index (χ2n) is 7.82. The molecule has 0 aliphatic carbocycles. The lowest BCUT2D eigenvalue weighted by atomic mass is 9.96. The van der Waals surface area contributed by atoms with Gasteiger partial charge in [-0.1, -0.05) is 12.1 Å². The number of nitrogens with one attached hydrogen (secondary N) is 1. The summed E-state index contributed by atoms with van der Waals surface area (Å²) in [4.78, 5) is 69.9. The molecular weight excluding hydrogens is 496 g/mol. The minimum Gasteiger partial charge on any atom is -0.463 e. The summed E-state index contributed by atoms with van der Waals surface area (Å²) in [5.74, 6) is -3.88. The molecule has 1 amide bonds. The topological polar surface area (TPSA) is 187 Å². The summed E-state index contributed by atoms with van der Waals surface area (Å²) in [6.07, 6.45) is -3.21. The third-order valence-corrected chi connectivity index (χ3v) is 4.80. The Labute approximate surface area is 211 Å². The van der Waals surface area contributed by atoms with E-state index in [9.17, 15) is 34.1 Å². The number of carbonyl (C=O) groups excluding carboxylic acids is 5. The molecule has 1 aliphatic heterocycles. The highest BCUT2D eigenvalue weighted by Crippen LogP contribution is 2.28. The number of hydrogen-bond acceptors (Lipinski definition) is 12. The van der Waals surface area contributed by atoms with Crippen molar-refractivity contribution in [3.8, 4) is 0 Å². The fourth-order valence-electron chi connectivity index (χ4n) is 3.45. The predicted molar refractivity (Wildman–Crippen MR) is 122 cm³/mol. The third-order valence-electron chi connectivity index (χ3n) is 4.80. The molecule has 1 aliphatic rings. The Balaban J connectivity index is 2.38. The zero-order valence-corrected chi connectivity index (χ0v) is 20.4. The van der Waals surface area contributed by atoms with Gasteiger partial charge in [-0.15, -0.1) is 0 Å². The van der Waals surface area contributed by atoms with Crippen LogP contribution in [-0.2, 0) is 47.7 Å². The molecule has 0 unspecified atom stereocenters. The van der Waals surface area contributed by atoms with Crippen LogP contribution in [-0.4, -0.2) is 72.0 Å². The van der Waals surface area contributed by atoms with Crippen molar-refractivity contribution in [1.29, 1.82) is 0 Å². The number of esters is 4. The number of nitro benzene ring substituents is 1. The highest BCUT2D eigenvalue weighted by Gasteiger charge is 2.52. The Morgan fingerprint density at radius 1 is 0.973 bits per heavy atom. The van der Waals surface area contributed by atoms with Gasteiger partial charge in [0, 0.05) is 45.9 Å². The van der Waals surface area contributed by atoms with E-state index in [0.29, 0.717) is 5.56 Å². The minimum absolute atomic E-state index is 0.184. The first-order valence-corrected chi connectivity index (χ1v) is 10.9. The number of rotatable bonds is 9. The first-order chi connectivity index (χ1) is 17.4. The summed E-state index contributed by atoms with van der Waals surface area (Å²) >= 11 is 0. The van der Waals surface area contributed by atoms with Gasteiger partial charge in [0.1, 0.15) is 18.8 Å². The van der Waals surface area contributed by atoms with Crippen molar-refractivity contribution >= 4 is 41.5 Å². The van der Waals surface area contributed by atoms with Crippen LogP contribution in [0.2, 0.25) is 0 Å². The zero-order valence-electron chi connectivity index (χ0n) is 20.4. The van der Waals surface area contributed by atoms with E-state index in [1.165, 1.54) is 30.3 Å². The Bertz CT molecular complexity index is 1090. The fraction of sp³-hybridized carbons (Fsp3) is 0.435. The van der Waals surface area contributed by atoms with Gasteiger partial charge in [-0.2, -0.15) is 0 Å². The van der Waals surface area contributed by atoms with Crippen molar-refractivity contribution < 1.29 is 52.6 Å². The van der Waals surface area contributed by atoms with Crippen molar-refractivity contribution in [2.45, 2.75) is 58.3 Å². The number of non-ortho nitro benzene ring substituents is 1. The fourth-order valence-corrected chi connectivity index (χ4v) is 3.45. The Morgan fingerprint density at radius 3 is 2.16 bits per heavy atom. The van der Waals surface area contributed by atoms with Gasteiger partial charge < -0.3 is 29.0 Å². The van der Waals surface area contributed by atoms with Gasteiger partial charge in [0.15, 0.2) is 12.2 Å². The maximum atomic E-state index is 12.7. The van der Waals surface area contributed by atoms with E-state index in [1.54, 1.807) is 0 Å². The van der Waals surface area contributed by atoms with Crippen LogP contribution >= 0.6 is 0 Å². The van der Waals surface area contributed by atoms with Gasteiger partial charge >= 0.3 is 23.9 Å². The van der Waals surface area contributed by atoms with Crippen molar-refractivity contribution in [3.05, 3.63) is 46.0 Å². The lowest BCUT2D eigenvalue weighted by Crippen LogP contribution is -2.66. The first-order valence-electron chi connectivity index (χ1n) is 10.9.